The zero-order valence-electron chi connectivity index (χ0n) is 32.7. The lowest BCUT2D eigenvalue weighted by Crippen LogP contribution is -2.28. The van der Waals surface area contributed by atoms with E-state index in [0.29, 0.717) is 44.3 Å². The molecule has 0 saturated carbocycles. The maximum atomic E-state index is 11.6. The predicted molar refractivity (Wildman–Crippen MR) is 225 cm³/mol. The summed E-state index contributed by atoms with van der Waals surface area (Å²) in [4.78, 5) is 13.9. The second-order valence-electron chi connectivity index (χ2n) is 16.0. The molecule has 0 aromatic heterocycles. The number of hydrogen-bond acceptors (Lipinski definition) is 6. The predicted octanol–water partition coefficient (Wildman–Crippen LogP) is 9.01. The van der Waals surface area contributed by atoms with Crippen LogP contribution in [0.1, 0.15) is 99.7 Å². The topological polar surface area (TPSA) is 132 Å². The van der Waals surface area contributed by atoms with Crippen LogP contribution in [0.25, 0.3) is 5.57 Å². The second-order valence-corrected chi connectivity index (χ2v) is 19.2. The van der Waals surface area contributed by atoms with Gasteiger partial charge >= 0.3 is 0 Å². The minimum Gasteiger partial charge on any atom is -0.344 e. The first kappa shape index (κ1) is 41.2. The molecule has 0 saturated heterocycles. The smallest absolute Gasteiger partial charge is 0.264 e. The van der Waals surface area contributed by atoms with Crippen molar-refractivity contribution in [2.75, 3.05) is 29.5 Å². The van der Waals surface area contributed by atoms with Gasteiger partial charge in [-0.2, -0.15) is 21.4 Å². The molecule has 1 aliphatic carbocycles. The van der Waals surface area contributed by atoms with Gasteiger partial charge in [0.15, 0.2) is 5.71 Å². The van der Waals surface area contributed by atoms with Crippen LogP contribution in [0.15, 0.2) is 114 Å². The fourth-order valence-corrected chi connectivity index (χ4v) is 9.73. The lowest BCUT2D eigenvalue weighted by molar-refractivity contribution is -0.438. The van der Waals surface area contributed by atoms with Crippen molar-refractivity contribution in [3.63, 3.8) is 0 Å². The molecule has 6 rings (SSSR count). The van der Waals surface area contributed by atoms with Gasteiger partial charge in [0.1, 0.15) is 12.8 Å². The summed E-state index contributed by atoms with van der Waals surface area (Å²) in [7, 11) is -8.07. The number of carbonyl (C=O) groups excluding carboxylic acids is 1. The summed E-state index contributed by atoms with van der Waals surface area (Å²) in [5.41, 5.74) is 11.3. The van der Waals surface area contributed by atoms with Crippen LogP contribution in [0, 0.1) is 0 Å². The Morgan fingerprint density at radius 2 is 1.38 bits per heavy atom. The second kappa shape index (κ2) is 16.6. The van der Waals surface area contributed by atoms with Crippen molar-refractivity contribution in [2.45, 2.75) is 83.5 Å². The normalized spacial score (nSPS) is 19.4. The first-order valence-corrected chi connectivity index (χ1v) is 22.6. The average Bonchev–Trinajstić information content (AvgIpc) is 3.50. The molecule has 2 N–H and O–H groups in total. The molecule has 0 bridgehead atoms. The standard InChI is InChI=1S/C45H52N2O7S2/c1-44(2)37-16-5-7-18-39(37)46(28-9-11-30-55(49,50)51)41(44)26-24-34-14-13-15-35(43(34)36-22-20-33(32-48)21-23-36)25-27-42-45(3,4)38-17-6-8-19-40(38)47(42)29-10-12-31-56(52,53)54/h5-8,16-27,32H,9-15,28-31H2,1-4H3,(H-,49,50,51,52,53,54)/p+1. The number of para-hydroxylation sites is 2. The van der Waals surface area contributed by atoms with E-state index in [-0.39, 0.29) is 22.3 Å². The highest BCUT2D eigenvalue weighted by Crippen LogP contribution is 2.48. The number of allylic oxidation sites excluding steroid dienone is 8. The number of aldehydes is 1. The van der Waals surface area contributed by atoms with Gasteiger partial charge in [-0.15, -0.1) is 0 Å². The molecular formula is C45H53N2O7S2+. The van der Waals surface area contributed by atoms with Gasteiger partial charge < -0.3 is 4.90 Å². The Morgan fingerprint density at radius 1 is 0.732 bits per heavy atom. The van der Waals surface area contributed by atoms with Gasteiger partial charge in [-0.1, -0.05) is 86.7 Å². The lowest BCUT2D eigenvalue weighted by atomic mass is 9.79. The van der Waals surface area contributed by atoms with Crippen LogP contribution in [0.4, 0.5) is 11.4 Å². The van der Waals surface area contributed by atoms with Crippen LogP contribution in [0.5, 0.6) is 0 Å². The first-order valence-electron chi connectivity index (χ1n) is 19.4. The quantitative estimate of drug-likeness (QED) is 0.0674. The molecule has 3 aromatic rings. The van der Waals surface area contributed by atoms with Gasteiger partial charge in [-0.25, -0.2) is 0 Å². The Kier molecular flexibility index (Phi) is 12.2. The first-order chi connectivity index (χ1) is 26.5. The number of benzene rings is 3. The minimum absolute atomic E-state index is 0.267. The highest BCUT2D eigenvalue weighted by molar-refractivity contribution is 7.86. The molecule has 3 aromatic carbocycles. The summed E-state index contributed by atoms with van der Waals surface area (Å²) < 4.78 is 66.8. The molecule has 56 heavy (non-hydrogen) atoms. The van der Waals surface area contributed by atoms with Crippen molar-refractivity contribution in [1.29, 1.82) is 0 Å². The van der Waals surface area contributed by atoms with Crippen molar-refractivity contribution in [3.8, 4) is 0 Å². The van der Waals surface area contributed by atoms with Crippen LogP contribution in [-0.4, -0.2) is 67.1 Å². The van der Waals surface area contributed by atoms with E-state index in [1.54, 1.807) is 0 Å². The average molecular weight is 798 g/mol. The molecule has 0 radical (unpaired) electrons. The third kappa shape index (κ3) is 9.07. The zero-order chi connectivity index (χ0) is 40.3. The molecule has 0 amide bonds. The highest BCUT2D eigenvalue weighted by Gasteiger charge is 2.44. The number of rotatable bonds is 15. The van der Waals surface area contributed by atoms with E-state index in [0.717, 1.165) is 59.5 Å². The van der Waals surface area contributed by atoms with Gasteiger partial charge in [-0.05, 0) is 92.4 Å². The lowest BCUT2D eigenvalue weighted by Gasteiger charge is -2.28. The summed E-state index contributed by atoms with van der Waals surface area (Å²) in [6.45, 7) is 10.1. The van der Waals surface area contributed by atoms with Crippen molar-refractivity contribution in [3.05, 3.63) is 136 Å². The molecule has 0 fully saturated rings. The van der Waals surface area contributed by atoms with Crippen molar-refractivity contribution in [2.24, 2.45) is 0 Å². The molecule has 3 aliphatic rings. The molecule has 9 nitrogen and oxygen atoms in total. The molecule has 2 heterocycles. The molecule has 0 spiro atoms. The molecule has 0 unspecified atom stereocenters. The fraction of sp³-hybridized carbons (Fsp3) is 0.378. The SMILES string of the molecule is CC1(C)C(/C=C/C2=C(c3ccc(C=O)cc3)C(=C/C=C3\N(CCCCS(=O)(=O)O)c4ccccc4C3(C)C)/CCC2)=[N+](CCCCS(=O)(=O)O)c2ccccc21. The maximum absolute atomic E-state index is 11.6. The zero-order valence-corrected chi connectivity index (χ0v) is 34.4. The van der Waals surface area contributed by atoms with Crippen LogP contribution in [0.2, 0.25) is 0 Å². The van der Waals surface area contributed by atoms with E-state index in [9.17, 15) is 30.7 Å². The minimum atomic E-state index is -4.03. The Labute approximate surface area is 332 Å². The monoisotopic (exact) mass is 797 g/mol. The molecule has 2 aliphatic heterocycles. The number of nitrogens with zero attached hydrogens (tertiary/aromatic N) is 2. The van der Waals surface area contributed by atoms with Crippen LogP contribution in [0.3, 0.4) is 0 Å². The summed E-state index contributed by atoms with van der Waals surface area (Å²) in [6.07, 6.45) is 14.3. The van der Waals surface area contributed by atoms with Crippen molar-refractivity contribution >= 4 is 49.2 Å². The van der Waals surface area contributed by atoms with E-state index in [1.165, 1.54) is 22.3 Å². The Bertz CT molecular complexity index is 2370. The summed E-state index contributed by atoms with van der Waals surface area (Å²) in [5, 5.41) is 0. The molecule has 296 valence electrons. The fourth-order valence-electron chi connectivity index (χ4n) is 8.59. The van der Waals surface area contributed by atoms with Crippen LogP contribution >= 0.6 is 0 Å². The molecular weight excluding hydrogens is 745 g/mol. The molecule has 0 atom stereocenters. The van der Waals surface area contributed by atoms with Gasteiger partial charge in [0.2, 0.25) is 5.69 Å². The third-order valence-corrected chi connectivity index (χ3v) is 13.0. The maximum Gasteiger partial charge on any atom is 0.264 e. The van der Waals surface area contributed by atoms with Gasteiger partial charge in [0, 0.05) is 53.0 Å². The van der Waals surface area contributed by atoms with Crippen LogP contribution < -0.4 is 4.90 Å². The van der Waals surface area contributed by atoms with E-state index < -0.39 is 20.2 Å². The summed E-state index contributed by atoms with van der Waals surface area (Å²) in [6, 6.07) is 24.4. The summed E-state index contributed by atoms with van der Waals surface area (Å²) in [5.74, 6) is -0.535. The van der Waals surface area contributed by atoms with Crippen molar-refractivity contribution in [1.82, 2.24) is 0 Å². The van der Waals surface area contributed by atoms with Crippen molar-refractivity contribution < 1.29 is 35.3 Å². The van der Waals surface area contributed by atoms with E-state index >= 15 is 0 Å². The van der Waals surface area contributed by atoms with Gasteiger partial charge in [0.05, 0.1) is 16.9 Å². The highest BCUT2D eigenvalue weighted by atomic mass is 32.2. The Morgan fingerprint density at radius 3 is 2.05 bits per heavy atom. The van der Waals surface area contributed by atoms with E-state index in [4.69, 9.17) is 0 Å². The Balaban J connectivity index is 1.42. The number of fused-ring (bicyclic) bond motifs is 2. The van der Waals surface area contributed by atoms with Crippen LogP contribution in [-0.2, 0) is 31.1 Å². The molecule has 11 heteroatoms. The third-order valence-electron chi connectivity index (χ3n) is 11.4. The van der Waals surface area contributed by atoms with E-state index in [2.05, 4.69) is 85.7 Å². The summed E-state index contributed by atoms with van der Waals surface area (Å²) >= 11 is 0. The van der Waals surface area contributed by atoms with E-state index in [1.807, 2.05) is 48.5 Å². The number of carbonyl (C=O) groups is 1. The number of unbranched alkanes of at least 4 members (excludes halogenated alkanes) is 2. The van der Waals surface area contributed by atoms with Gasteiger partial charge in [0.25, 0.3) is 20.2 Å². The van der Waals surface area contributed by atoms with Gasteiger partial charge in [-0.3, -0.25) is 13.9 Å². The number of hydrogen-bond donors (Lipinski definition) is 2. The largest absolute Gasteiger partial charge is 0.344 e. The number of anilines is 1. The Hall–Kier alpha value is -4.42.